The Hall–Kier alpha value is -3.08. The Labute approximate surface area is 169 Å². The van der Waals surface area contributed by atoms with E-state index >= 15 is 0 Å². The van der Waals surface area contributed by atoms with Crippen LogP contribution in [0.5, 0.6) is 0 Å². The molecule has 1 saturated heterocycles. The van der Waals surface area contributed by atoms with E-state index in [2.05, 4.69) is 17.4 Å². The van der Waals surface area contributed by atoms with Crippen LogP contribution >= 0.6 is 0 Å². The minimum atomic E-state index is -0.112. The summed E-state index contributed by atoms with van der Waals surface area (Å²) in [5, 5.41) is 3.96. The van der Waals surface area contributed by atoms with Crippen LogP contribution in [0.1, 0.15) is 46.3 Å². The molecule has 1 N–H and O–H groups in total. The zero-order chi connectivity index (χ0) is 19.8. The molecular weight excluding hydrogens is 364 g/mol. The zero-order valence-corrected chi connectivity index (χ0v) is 16.4. The summed E-state index contributed by atoms with van der Waals surface area (Å²) in [5.41, 5.74) is 5.75. The summed E-state index contributed by atoms with van der Waals surface area (Å²) in [6.45, 7) is 1.62. The fourth-order valence-corrected chi connectivity index (χ4v) is 4.50. The number of fused-ring (bicyclic) bond motifs is 2. The van der Waals surface area contributed by atoms with Gasteiger partial charge >= 0.3 is 0 Å². The third kappa shape index (κ3) is 3.53. The first-order valence-electron chi connectivity index (χ1n) is 10.4. The van der Waals surface area contributed by atoms with Crippen LogP contribution in [0.25, 0.3) is 11.0 Å². The van der Waals surface area contributed by atoms with Gasteiger partial charge in [0.15, 0.2) is 0 Å². The van der Waals surface area contributed by atoms with E-state index in [0.717, 1.165) is 55.3 Å². The fourth-order valence-electron chi connectivity index (χ4n) is 4.50. The smallest absolute Gasteiger partial charge is 0.253 e. The van der Waals surface area contributed by atoms with Crippen LogP contribution in [0.2, 0.25) is 0 Å². The fraction of sp³-hybridized carbons (Fsp3) is 0.333. The van der Waals surface area contributed by atoms with Crippen molar-refractivity contribution in [1.82, 2.24) is 4.90 Å². The molecule has 148 valence electrons. The molecule has 3 aromatic rings. The Morgan fingerprint density at radius 1 is 1.00 bits per heavy atom. The van der Waals surface area contributed by atoms with E-state index in [1.807, 2.05) is 17.0 Å². The third-order valence-corrected chi connectivity index (χ3v) is 6.01. The topological polar surface area (TPSA) is 62.6 Å². The van der Waals surface area contributed by atoms with E-state index in [1.54, 1.807) is 18.4 Å². The number of benzene rings is 2. The molecule has 5 rings (SSSR count). The Morgan fingerprint density at radius 2 is 1.79 bits per heavy atom. The van der Waals surface area contributed by atoms with Crippen molar-refractivity contribution in [3.63, 3.8) is 0 Å². The monoisotopic (exact) mass is 388 g/mol. The Kier molecular flexibility index (Phi) is 4.58. The minimum Gasteiger partial charge on any atom is -0.464 e. The molecule has 2 amide bonds. The molecule has 5 nitrogen and oxygen atoms in total. The van der Waals surface area contributed by atoms with E-state index in [4.69, 9.17) is 4.42 Å². The van der Waals surface area contributed by atoms with Crippen molar-refractivity contribution in [2.75, 3.05) is 18.4 Å². The van der Waals surface area contributed by atoms with Crippen LogP contribution in [0, 0.1) is 0 Å². The van der Waals surface area contributed by atoms with Crippen molar-refractivity contribution in [3.05, 3.63) is 64.9 Å². The summed E-state index contributed by atoms with van der Waals surface area (Å²) in [6.07, 6.45) is 7.44. The Bertz CT molecular complexity index is 1090. The summed E-state index contributed by atoms with van der Waals surface area (Å²) in [6, 6.07) is 11.5. The van der Waals surface area contributed by atoms with Gasteiger partial charge in [0.05, 0.1) is 12.7 Å². The lowest BCUT2D eigenvalue weighted by atomic mass is 10.0. The number of nitrogens with one attached hydrogen (secondary N) is 1. The molecule has 29 heavy (non-hydrogen) atoms. The molecule has 0 bridgehead atoms. The lowest BCUT2D eigenvalue weighted by Gasteiger charge is -2.15. The molecule has 1 aromatic heterocycles. The summed E-state index contributed by atoms with van der Waals surface area (Å²) >= 11 is 0. The highest BCUT2D eigenvalue weighted by atomic mass is 16.3. The average Bonchev–Trinajstić information content (AvgIpc) is 3.47. The van der Waals surface area contributed by atoms with Crippen LogP contribution < -0.4 is 5.32 Å². The molecule has 0 unspecified atom stereocenters. The van der Waals surface area contributed by atoms with Crippen molar-refractivity contribution in [3.8, 4) is 0 Å². The molecule has 0 atom stereocenters. The average molecular weight is 388 g/mol. The van der Waals surface area contributed by atoms with Gasteiger partial charge in [-0.25, -0.2) is 0 Å². The number of hydrogen-bond acceptors (Lipinski definition) is 3. The Morgan fingerprint density at radius 3 is 2.62 bits per heavy atom. The number of likely N-dealkylation sites (tertiary alicyclic amines) is 1. The molecule has 0 saturated carbocycles. The number of amides is 2. The van der Waals surface area contributed by atoms with Gasteiger partial charge in [0.2, 0.25) is 5.91 Å². The minimum absolute atomic E-state index is 0.0354. The highest BCUT2D eigenvalue weighted by Crippen LogP contribution is 2.30. The number of nitrogens with zero attached hydrogens (tertiary/aromatic N) is 1. The highest BCUT2D eigenvalue weighted by Gasteiger charge is 2.20. The molecule has 2 aromatic carbocycles. The second kappa shape index (κ2) is 7.39. The predicted octanol–water partition coefficient (Wildman–Crippen LogP) is 4.34. The van der Waals surface area contributed by atoms with Crippen LogP contribution in [-0.4, -0.2) is 29.8 Å². The first kappa shape index (κ1) is 18.0. The second-order valence-electron chi connectivity index (χ2n) is 8.04. The van der Waals surface area contributed by atoms with Gasteiger partial charge in [-0.3, -0.25) is 9.59 Å². The summed E-state index contributed by atoms with van der Waals surface area (Å²) in [4.78, 5) is 27.1. The summed E-state index contributed by atoms with van der Waals surface area (Å²) < 4.78 is 5.70. The van der Waals surface area contributed by atoms with Crippen LogP contribution in [0.3, 0.4) is 0 Å². The van der Waals surface area contributed by atoms with E-state index in [1.165, 1.54) is 17.5 Å². The maximum atomic E-state index is 12.6. The molecule has 1 aliphatic heterocycles. The lowest BCUT2D eigenvalue weighted by molar-refractivity contribution is -0.115. The molecule has 2 aliphatic rings. The van der Waals surface area contributed by atoms with Crippen molar-refractivity contribution in [1.29, 1.82) is 0 Å². The molecule has 1 aliphatic carbocycles. The predicted molar refractivity (Wildman–Crippen MR) is 112 cm³/mol. The highest BCUT2D eigenvalue weighted by molar-refractivity contribution is 5.98. The number of anilines is 1. The van der Waals surface area contributed by atoms with E-state index in [9.17, 15) is 9.59 Å². The van der Waals surface area contributed by atoms with Crippen LogP contribution in [0.15, 0.2) is 47.1 Å². The molecule has 0 radical (unpaired) electrons. The van der Waals surface area contributed by atoms with E-state index < -0.39 is 0 Å². The molecule has 2 heterocycles. The van der Waals surface area contributed by atoms with E-state index in [-0.39, 0.29) is 18.2 Å². The van der Waals surface area contributed by atoms with Gasteiger partial charge in [0.25, 0.3) is 5.91 Å². The number of hydrogen-bond donors (Lipinski definition) is 1. The van der Waals surface area contributed by atoms with Crippen molar-refractivity contribution < 1.29 is 14.0 Å². The van der Waals surface area contributed by atoms with Gasteiger partial charge < -0.3 is 14.6 Å². The van der Waals surface area contributed by atoms with Crippen molar-refractivity contribution >= 4 is 28.5 Å². The van der Waals surface area contributed by atoms with Crippen LogP contribution in [0.4, 0.5) is 5.69 Å². The van der Waals surface area contributed by atoms with Gasteiger partial charge in [-0.15, -0.1) is 0 Å². The maximum Gasteiger partial charge on any atom is 0.253 e. The van der Waals surface area contributed by atoms with Gasteiger partial charge in [0.1, 0.15) is 5.58 Å². The SMILES string of the molecule is O=C(Cc1coc2cc3c(cc12)CCC3)Nc1cccc(C(=O)N2CCCC2)c1. The van der Waals surface area contributed by atoms with Crippen molar-refractivity contribution in [2.24, 2.45) is 0 Å². The number of furan rings is 1. The van der Waals surface area contributed by atoms with Gasteiger partial charge in [-0.05, 0) is 73.6 Å². The first-order chi connectivity index (χ1) is 14.2. The number of aryl methyl sites for hydroxylation is 2. The summed E-state index contributed by atoms with van der Waals surface area (Å²) in [5.74, 6) is -0.0766. The zero-order valence-electron chi connectivity index (χ0n) is 16.4. The standard InChI is InChI=1S/C24H24N2O3/c27-23(14-19-15-29-22-13-17-6-3-5-16(17)12-21(19)22)25-20-8-4-7-18(11-20)24(28)26-9-1-2-10-26/h4,7-8,11-13,15H,1-3,5-6,9-10,14H2,(H,25,27). The largest absolute Gasteiger partial charge is 0.464 e. The molecule has 1 fully saturated rings. The maximum absolute atomic E-state index is 12.6. The third-order valence-electron chi connectivity index (χ3n) is 6.01. The quantitative estimate of drug-likeness (QED) is 0.723. The molecule has 0 spiro atoms. The van der Waals surface area contributed by atoms with Gasteiger partial charge in [0, 0.05) is 35.3 Å². The van der Waals surface area contributed by atoms with Crippen molar-refractivity contribution in [2.45, 2.75) is 38.5 Å². The molecule has 5 heteroatoms. The van der Waals surface area contributed by atoms with Gasteiger partial charge in [-0.1, -0.05) is 6.07 Å². The van der Waals surface area contributed by atoms with Crippen LogP contribution in [-0.2, 0) is 24.1 Å². The van der Waals surface area contributed by atoms with E-state index in [0.29, 0.717) is 11.3 Å². The van der Waals surface area contributed by atoms with Gasteiger partial charge in [-0.2, -0.15) is 0 Å². The second-order valence-corrected chi connectivity index (χ2v) is 8.04. The Balaban J connectivity index is 1.30. The number of carbonyl (C=O) groups excluding carboxylic acids is 2. The molecular formula is C24H24N2O3. The lowest BCUT2D eigenvalue weighted by Crippen LogP contribution is -2.27. The number of carbonyl (C=O) groups is 2. The summed E-state index contributed by atoms with van der Waals surface area (Å²) in [7, 11) is 0. The number of rotatable bonds is 4. The first-order valence-corrected chi connectivity index (χ1v) is 10.4. The normalized spacial score (nSPS) is 15.7.